The van der Waals surface area contributed by atoms with Crippen molar-refractivity contribution in [1.29, 1.82) is 0 Å². The SMILES string of the molecule is Cc1ccc(CN2CCC(c3nc4ccc(-c5cccnc5)cn4n3)C2)s1. The van der Waals surface area contributed by atoms with E-state index in [1.807, 2.05) is 40.4 Å². The lowest BCUT2D eigenvalue weighted by atomic mass is 10.1. The average molecular weight is 376 g/mol. The molecule has 27 heavy (non-hydrogen) atoms. The fourth-order valence-electron chi connectivity index (χ4n) is 3.76. The molecule has 1 unspecified atom stereocenters. The summed E-state index contributed by atoms with van der Waals surface area (Å²) in [5.41, 5.74) is 3.10. The van der Waals surface area contributed by atoms with E-state index in [0.717, 1.165) is 48.7 Å². The van der Waals surface area contributed by atoms with E-state index in [9.17, 15) is 0 Å². The van der Waals surface area contributed by atoms with Crippen molar-refractivity contribution in [1.82, 2.24) is 24.5 Å². The first kappa shape index (κ1) is 16.6. The number of fused-ring (bicyclic) bond motifs is 1. The predicted octanol–water partition coefficient (Wildman–Crippen LogP) is 4.15. The smallest absolute Gasteiger partial charge is 0.156 e. The summed E-state index contributed by atoms with van der Waals surface area (Å²) in [7, 11) is 0. The molecule has 0 amide bonds. The van der Waals surface area contributed by atoms with Crippen LogP contribution < -0.4 is 0 Å². The number of thiophene rings is 1. The van der Waals surface area contributed by atoms with E-state index in [0.29, 0.717) is 5.92 Å². The van der Waals surface area contributed by atoms with Crippen molar-refractivity contribution in [3.05, 3.63) is 70.6 Å². The van der Waals surface area contributed by atoms with Crippen molar-refractivity contribution >= 4 is 17.0 Å². The lowest BCUT2D eigenvalue weighted by molar-refractivity contribution is 0.328. The summed E-state index contributed by atoms with van der Waals surface area (Å²) in [6, 6.07) is 12.6. The predicted molar refractivity (Wildman–Crippen MR) is 108 cm³/mol. The van der Waals surface area contributed by atoms with Crippen molar-refractivity contribution in [2.75, 3.05) is 13.1 Å². The Labute approximate surface area is 162 Å². The quantitative estimate of drug-likeness (QED) is 0.538. The highest BCUT2D eigenvalue weighted by atomic mass is 32.1. The molecule has 0 bridgehead atoms. The van der Waals surface area contributed by atoms with Gasteiger partial charge in [-0.3, -0.25) is 9.88 Å². The van der Waals surface area contributed by atoms with Gasteiger partial charge >= 0.3 is 0 Å². The highest BCUT2D eigenvalue weighted by Crippen LogP contribution is 2.28. The van der Waals surface area contributed by atoms with Crippen molar-refractivity contribution < 1.29 is 0 Å². The average Bonchev–Trinajstić information content (AvgIpc) is 3.41. The molecule has 6 heteroatoms. The summed E-state index contributed by atoms with van der Waals surface area (Å²) in [6.07, 6.45) is 6.83. The number of likely N-dealkylation sites (tertiary alicyclic amines) is 1. The van der Waals surface area contributed by atoms with E-state index in [1.54, 1.807) is 6.20 Å². The Hall–Kier alpha value is -2.57. The van der Waals surface area contributed by atoms with Crippen LogP contribution in [0.5, 0.6) is 0 Å². The fourth-order valence-corrected chi connectivity index (χ4v) is 4.69. The summed E-state index contributed by atoms with van der Waals surface area (Å²) < 4.78 is 1.91. The van der Waals surface area contributed by atoms with Gasteiger partial charge in [-0.15, -0.1) is 11.3 Å². The second-order valence-corrected chi connectivity index (χ2v) is 8.54. The molecule has 5 nitrogen and oxygen atoms in total. The van der Waals surface area contributed by atoms with Gasteiger partial charge in [0, 0.05) is 58.5 Å². The molecule has 0 aliphatic carbocycles. The van der Waals surface area contributed by atoms with Crippen LogP contribution in [-0.4, -0.2) is 37.6 Å². The van der Waals surface area contributed by atoms with E-state index in [1.165, 1.54) is 9.75 Å². The number of aryl methyl sites for hydroxylation is 1. The van der Waals surface area contributed by atoms with Crippen LogP contribution in [0.3, 0.4) is 0 Å². The Morgan fingerprint density at radius 1 is 1.15 bits per heavy atom. The molecule has 0 spiro atoms. The minimum absolute atomic E-state index is 0.410. The van der Waals surface area contributed by atoms with Crippen LogP contribution in [0.25, 0.3) is 16.8 Å². The number of aromatic nitrogens is 4. The molecular weight excluding hydrogens is 354 g/mol. The van der Waals surface area contributed by atoms with Crippen LogP contribution in [0, 0.1) is 6.92 Å². The van der Waals surface area contributed by atoms with E-state index in [-0.39, 0.29) is 0 Å². The first-order chi connectivity index (χ1) is 13.2. The normalized spacial score (nSPS) is 17.7. The number of pyridine rings is 2. The third-order valence-corrected chi connectivity index (χ3v) is 6.14. The first-order valence-electron chi connectivity index (χ1n) is 9.29. The number of rotatable bonds is 4. The van der Waals surface area contributed by atoms with E-state index < -0.39 is 0 Å². The molecule has 5 heterocycles. The van der Waals surface area contributed by atoms with E-state index in [4.69, 9.17) is 10.1 Å². The zero-order valence-electron chi connectivity index (χ0n) is 15.2. The monoisotopic (exact) mass is 375 g/mol. The highest BCUT2D eigenvalue weighted by molar-refractivity contribution is 7.11. The van der Waals surface area contributed by atoms with E-state index >= 15 is 0 Å². The van der Waals surface area contributed by atoms with Crippen molar-refractivity contribution in [2.24, 2.45) is 0 Å². The maximum Gasteiger partial charge on any atom is 0.156 e. The maximum absolute atomic E-state index is 4.79. The van der Waals surface area contributed by atoms with Gasteiger partial charge in [0.15, 0.2) is 11.5 Å². The van der Waals surface area contributed by atoms with Crippen LogP contribution in [0.2, 0.25) is 0 Å². The van der Waals surface area contributed by atoms with Crippen LogP contribution >= 0.6 is 11.3 Å². The Kier molecular flexibility index (Phi) is 4.22. The van der Waals surface area contributed by atoms with E-state index in [2.05, 4.69) is 41.1 Å². The summed E-state index contributed by atoms with van der Waals surface area (Å²) in [4.78, 5) is 14.3. The molecule has 0 aromatic carbocycles. The van der Waals surface area contributed by atoms with Gasteiger partial charge in [-0.05, 0) is 50.2 Å². The molecule has 1 aliphatic rings. The number of nitrogens with zero attached hydrogens (tertiary/aromatic N) is 5. The van der Waals surface area contributed by atoms with Crippen LogP contribution in [0.15, 0.2) is 55.0 Å². The third kappa shape index (κ3) is 3.38. The molecule has 5 rings (SSSR count). The van der Waals surface area contributed by atoms with Crippen molar-refractivity contribution in [3.8, 4) is 11.1 Å². The molecular formula is C21H21N5S. The third-order valence-electron chi connectivity index (χ3n) is 5.16. The zero-order chi connectivity index (χ0) is 18.2. The van der Waals surface area contributed by atoms with Gasteiger partial charge in [0.2, 0.25) is 0 Å². The summed E-state index contributed by atoms with van der Waals surface area (Å²) >= 11 is 1.89. The van der Waals surface area contributed by atoms with Crippen LogP contribution in [-0.2, 0) is 6.54 Å². The lowest BCUT2D eigenvalue weighted by Crippen LogP contribution is -2.19. The Bertz CT molecular complexity index is 1070. The van der Waals surface area contributed by atoms with Gasteiger partial charge in [0.05, 0.1) is 0 Å². The summed E-state index contributed by atoms with van der Waals surface area (Å²) in [6.45, 7) is 5.34. The van der Waals surface area contributed by atoms with Gasteiger partial charge in [-0.2, -0.15) is 5.10 Å². The molecule has 1 fully saturated rings. The summed E-state index contributed by atoms with van der Waals surface area (Å²) in [5.74, 6) is 1.37. The largest absolute Gasteiger partial charge is 0.298 e. The minimum Gasteiger partial charge on any atom is -0.298 e. The molecule has 0 saturated carbocycles. The molecule has 0 radical (unpaired) electrons. The molecule has 0 N–H and O–H groups in total. The zero-order valence-corrected chi connectivity index (χ0v) is 16.1. The van der Waals surface area contributed by atoms with Crippen LogP contribution in [0.1, 0.15) is 27.9 Å². The molecule has 1 saturated heterocycles. The standard InChI is InChI=1S/C21H21N5S/c1-15-4-6-19(27-15)14-25-10-8-18(12-25)21-23-20-7-5-17(13-26(20)24-21)16-3-2-9-22-11-16/h2-7,9,11,13,18H,8,10,12,14H2,1H3. The van der Waals surface area contributed by atoms with Gasteiger partial charge in [0.1, 0.15) is 0 Å². The van der Waals surface area contributed by atoms with Crippen molar-refractivity contribution in [3.63, 3.8) is 0 Å². The molecule has 1 aliphatic heterocycles. The lowest BCUT2D eigenvalue weighted by Gasteiger charge is -2.13. The molecule has 1 atom stereocenters. The first-order valence-corrected chi connectivity index (χ1v) is 10.1. The molecule has 4 aromatic rings. The topological polar surface area (TPSA) is 46.3 Å². The number of hydrogen-bond acceptors (Lipinski definition) is 5. The number of hydrogen-bond donors (Lipinski definition) is 0. The Balaban J connectivity index is 1.34. The van der Waals surface area contributed by atoms with Gasteiger partial charge in [-0.25, -0.2) is 9.50 Å². The van der Waals surface area contributed by atoms with Crippen LogP contribution in [0.4, 0.5) is 0 Å². The molecule has 4 aromatic heterocycles. The maximum atomic E-state index is 4.79. The molecule has 136 valence electrons. The second kappa shape index (κ2) is 6.87. The Morgan fingerprint density at radius 2 is 2.11 bits per heavy atom. The van der Waals surface area contributed by atoms with Crippen molar-refractivity contribution in [2.45, 2.75) is 25.8 Å². The van der Waals surface area contributed by atoms with Gasteiger partial charge in [0.25, 0.3) is 0 Å². The fraction of sp³-hybridized carbons (Fsp3) is 0.286. The Morgan fingerprint density at radius 3 is 2.93 bits per heavy atom. The summed E-state index contributed by atoms with van der Waals surface area (Å²) in [5, 5.41) is 4.79. The van der Waals surface area contributed by atoms with Gasteiger partial charge < -0.3 is 0 Å². The highest BCUT2D eigenvalue weighted by Gasteiger charge is 2.27. The second-order valence-electron chi connectivity index (χ2n) is 7.17. The van der Waals surface area contributed by atoms with Gasteiger partial charge in [-0.1, -0.05) is 6.07 Å². The minimum atomic E-state index is 0.410.